The Morgan fingerprint density at radius 3 is 3.04 bits per heavy atom. The van der Waals surface area contributed by atoms with Gasteiger partial charge in [-0.05, 0) is 37.1 Å². The van der Waals surface area contributed by atoms with E-state index in [9.17, 15) is 4.79 Å². The van der Waals surface area contributed by atoms with Crippen LogP contribution in [0.4, 0.5) is 5.69 Å². The normalized spacial score (nSPS) is 16.7. The number of fused-ring (bicyclic) bond motifs is 1. The quantitative estimate of drug-likeness (QED) is 0.736. The van der Waals surface area contributed by atoms with E-state index < -0.39 is 0 Å². The van der Waals surface area contributed by atoms with Crippen LogP contribution < -0.4 is 10.1 Å². The largest absolute Gasteiger partial charge is 0.496 e. The van der Waals surface area contributed by atoms with Gasteiger partial charge in [0, 0.05) is 17.9 Å². The van der Waals surface area contributed by atoms with Gasteiger partial charge in [-0.25, -0.2) is 4.98 Å². The highest BCUT2D eigenvalue weighted by molar-refractivity contribution is 5.94. The molecule has 4 rings (SSSR count). The molecule has 3 aromatic rings. The van der Waals surface area contributed by atoms with Crippen LogP contribution in [0.2, 0.25) is 0 Å². The highest BCUT2D eigenvalue weighted by Gasteiger charge is 2.21. The fourth-order valence-corrected chi connectivity index (χ4v) is 3.28. The van der Waals surface area contributed by atoms with E-state index in [1.165, 1.54) is 0 Å². The van der Waals surface area contributed by atoms with Gasteiger partial charge in [-0.3, -0.25) is 4.79 Å². The molecule has 6 heteroatoms. The van der Waals surface area contributed by atoms with Crippen LogP contribution in [-0.2, 0) is 16.0 Å². The number of methoxy groups -OCH3 is 1. The lowest BCUT2D eigenvalue weighted by Crippen LogP contribution is -2.14. The van der Waals surface area contributed by atoms with Crippen LogP contribution in [0.1, 0.15) is 30.3 Å². The van der Waals surface area contributed by atoms with E-state index in [1.54, 1.807) is 7.11 Å². The lowest BCUT2D eigenvalue weighted by Gasteiger charge is -2.09. The van der Waals surface area contributed by atoms with Crippen molar-refractivity contribution in [3.8, 4) is 5.75 Å². The van der Waals surface area contributed by atoms with E-state index in [0.29, 0.717) is 5.75 Å². The Labute approximate surface area is 151 Å². The van der Waals surface area contributed by atoms with Crippen LogP contribution in [0.15, 0.2) is 42.5 Å². The molecule has 1 aromatic heterocycles. The van der Waals surface area contributed by atoms with Gasteiger partial charge in [0.1, 0.15) is 17.7 Å². The van der Waals surface area contributed by atoms with Gasteiger partial charge >= 0.3 is 0 Å². The summed E-state index contributed by atoms with van der Waals surface area (Å²) in [6.07, 6.45) is 2.35. The van der Waals surface area contributed by atoms with E-state index in [-0.39, 0.29) is 18.4 Å². The van der Waals surface area contributed by atoms with Crippen LogP contribution in [0, 0.1) is 0 Å². The lowest BCUT2D eigenvalue weighted by molar-refractivity contribution is -0.115. The predicted molar refractivity (Wildman–Crippen MR) is 99.3 cm³/mol. The van der Waals surface area contributed by atoms with Crippen molar-refractivity contribution in [2.24, 2.45) is 0 Å². The monoisotopic (exact) mass is 351 g/mol. The number of hydrogen-bond donors (Lipinski definition) is 2. The number of nitrogens with one attached hydrogen (secondary N) is 2. The minimum Gasteiger partial charge on any atom is -0.496 e. The first-order chi connectivity index (χ1) is 12.7. The standard InChI is InChI=1S/C20H21N3O3/c1-25-17-6-3-2-5-13(17)11-19(24)21-14-8-9-15-16(12-14)23-20(22-15)18-7-4-10-26-18/h2-3,5-6,8-9,12,18H,4,7,10-11H2,1H3,(H,21,24)(H,22,23). The highest BCUT2D eigenvalue weighted by Crippen LogP contribution is 2.28. The Morgan fingerprint density at radius 1 is 1.35 bits per heavy atom. The van der Waals surface area contributed by atoms with Crippen molar-refractivity contribution in [2.45, 2.75) is 25.4 Å². The molecule has 0 radical (unpaired) electrons. The highest BCUT2D eigenvalue weighted by atomic mass is 16.5. The van der Waals surface area contributed by atoms with Crippen molar-refractivity contribution < 1.29 is 14.3 Å². The maximum Gasteiger partial charge on any atom is 0.228 e. The van der Waals surface area contributed by atoms with Gasteiger partial charge in [0.2, 0.25) is 5.91 Å². The number of anilines is 1. The molecular weight excluding hydrogens is 330 g/mol. The van der Waals surface area contributed by atoms with Gasteiger partial charge in [-0.15, -0.1) is 0 Å². The zero-order chi connectivity index (χ0) is 17.9. The smallest absolute Gasteiger partial charge is 0.228 e. The van der Waals surface area contributed by atoms with Crippen molar-refractivity contribution in [1.82, 2.24) is 9.97 Å². The average Bonchev–Trinajstić information content (AvgIpc) is 3.31. The first-order valence-electron chi connectivity index (χ1n) is 8.76. The van der Waals surface area contributed by atoms with Gasteiger partial charge in [-0.2, -0.15) is 0 Å². The van der Waals surface area contributed by atoms with E-state index in [4.69, 9.17) is 9.47 Å². The van der Waals surface area contributed by atoms with E-state index >= 15 is 0 Å². The summed E-state index contributed by atoms with van der Waals surface area (Å²) in [5, 5.41) is 2.94. The van der Waals surface area contributed by atoms with Crippen molar-refractivity contribution in [3.05, 3.63) is 53.9 Å². The Morgan fingerprint density at radius 2 is 2.23 bits per heavy atom. The summed E-state index contributed by atoms with van der Waals surface area (Å²) in [5.41, 5.74) is 3.36. The summed E-state index contributed by atoms with van der Waals surface area (Å²) in [6, 6.07) is 13.2. The van der Waals surface area contributed by atoms with Crippen molar-refractivity contribution in [1.29, 1.82) is 0 Å². The molecule has 1 unspecified atom stereocenters. The maximum atomic E-state index is 12.4. The van der Waals surface area contributed by atoms with E-state index in [1.807, 2.05) is 42.5 Å². The number of carbonyl (C=O) groups is 1. The molecule has 134 valence electrons. The first kappa shape index (κ1) is 16.6. The molecule has 2 N–H and O–H groups in total. The third-order valence-corrected chi connectivity index (χ3v) is 4.56. The van der Waals surface area contributed by atoms with Gasteiger partial charge in [0.15, 0.2) is 0 Å². The van der Waals surface area contributed by atoms with Crippen molar-refractivity contribution in [3.63, 3.8) is 0 Å². The van der Waals surface area contributed by atoms with Crippen molar-refractivity contribution >= 4 is 22.6 Å². The number of aromatic nitrogens is 2. The van der Waals surface area contributed by atoms with Crippen LogP contribution in [0.3, 0.4) is 0 Å². The summed E-state index contributed by atoms with van der Waals surface area (Å²) in [4.78, 5) is 20.3. The third-order valence-electron chi connectivity index (χ3n) is 4.56. The number of nitrogens with zero attached hydrogens (tertiary/aromatic N) is 1. The zero-order valence-electron chi connectivity index (χ0n) is 14.6. The summed E-state index contributed by atoms with van der Waals surface area (Å²) in [6.45, 7) is 0.784. The van der Waals surface area contributed by atoms with Gasteiger partial charge in [0.25, 0.3) is 0 Å². The van der Waals surface area contributed by atoms with Crippen LogP contribution >= 0.6 is 0 Å². The van der Waals surface area contributed by atoms with Crippen LogP contribution in [0.5, 0.6) is 5.75 Å². The fraction of sp³-hybridized carbons (Fsp3) is 0.300. The lowest BCUT2D eigenvalue weighted by atomic mass is 10.1. The number of ether oxygens (including phenoxy) is 2. The molecule has 0 bridgehead atoms. The number of benzene rings is 2. The fourth-order valence-electron chi connectivity index (χ4n) is 3.28. The number of amides is 1. The molecule has 26 heavy (non-hydrogen) atoms. The molecule has 1 atom stereocenters. The molecule has 1 aliphatic rings. The predicted octanol–water partition coefficient (Wildman–Crippen LogP) is 3.60. The number of hydrogen-bond acceptors (Lipinski definition) is 4. The molecule has 1 saturated heterocycles. The molecular formula is C20H21N3O3. The summed E-state index contributed by atoms with van der Waals surface area (Å²) in [7, 11) is 1.61. The van der Waals surface area contributed by atoms with Gasteiger partial charge in [-0.1, -0.05) is 18.2 Å². The number of imidazole rings is 1. The minimum absolute atomic E-state index is 0.0472. The number of aromatic amines is 1. The Bertz CT molecular complexity index is 929. The second-order valence-corrected chi connectivity index (χ2v) is 6.39. The van der Waals surface area contributed by atoms with Gasteiger partial charge in [0.05, 0.1) is 24.6 Å². The zero-order valence-corrected chi connectivity index (χ0v) is 14.6. The van der Waals surface area contributed by atoms with Crippen molar-refractivity contribution in [2.75, 3.05) is 19.0 Å². The number of carbonyl (C=O) groups excluding carboxylic acids is 1. The Balaban J connectivity index is 1.48. The van der Waals surface area contributed by atoms with Gasteiger partial charge < -0.3 is 19.8 Å². The molecule has 1 aliphatic heterocycles. The summed E-state index contributed by atoms with van der Waals surface area (Å²) < 4.78 is 11.0. The first-order valence-corrected chi connectivity index (χ1v) is 8.76. The van der Waals surface area contributed by atoms with E-state index in [2.05, 4.69) is 15.3 Å². The average molecular weight is 351 g/mol. The molecule has 6 nitrogen and oxygen atoms in total. The second kappa shape index (κ2) is 7.17. The molecule has 0 saturated carbocycles. The number of rotatable bonds is 5. The SMILES string of the molecule is COc1ccccc1CC(=O)Nc1ccc2nc(C3CCCO3)[nH]c2c1. The second-order valence-electron chi connectivity index (χ2n) is 6.39. The number of para-hydroxylation sites is 1. The molecule has 0 aliphatic carbocycles. The third kappa shape index (κ3) is 3.41. The molecule has 2 heterocycles. The van der Waals surface area contributed by atoms with Crippen LogP contribution in [0.25, 0.3) is 11.0 Å². The van der Waals surface area contributed by atoms with Crippen LogP contribution in [-0.4, -0.2) is 29.6 Å². The molecule has 2 aromatic carbocycles. The topological polar surface area (TPSA) is 76.2 Å². The Kier molecular flexibility index (Phi) is 4.58. The Hall–Kier alpha value is -2.86. The summed E-state index contributed by atoms with van der Waals surface area (Å²) >= 11 is 0. The molecule has 1 fully saturated rings. The van der Waals surface area contributed by atoms with E-state index in [0.717, 1.165) is 47.6 Å². The molecule has 0 spiro atoms. The molecule has 1 amide bonds. The number of H-pyrrole nitrogens is 1. The maximum absolute atomic E-state index is 12.4. The minimum atomic E-state index is -0.0901. The summed E-state index contributed by atoms with van der Waals surface area (Å²) in [5.74, 6) is 1.48.